The third kappa shape index (κ3) is 3.60. The summed E-state index contributed by atoms with van der Waals surface area (Å²) in [4.78, 5) is 5.42. The zero-order chi connectivity index (χ0) is 32.8. The monoisotopic (exact) mass is 635 g/mol. The van der Waals surface area contributed by atoms with E-state index in [0.717, 1.165) is 38.9 Å². The topological polar surface area (TPSA) is 26.0 Å². The van der Waals surface area contributed by atoms with Crippen LogP contribution in [0.15, 0.2) is 180 Å². The number of aromatic nitrogens is 1. The molecule has 0 saturated heterocycles. The van der Waals surface area contributed by atoms with Crippen molar-refractivity contribution in [2.75, 3.05) is 0 Å². The minimum absolute atomic E-state index is 0.627. The van der Waals surface area contributed by atoms with Crippen LogP contribution in [0.2, 0.25) is 0 Å². The summed E-state index contributed by atoms with van der Waals surface area (Å²) in [6.45, 7) is 0. The van der Waals surface area contributed by atoms with E-state index < -0.39 is 5.41 Å². The fourth-order valence-electron chi connectivity index (χ4n) is 8.84. The van der Waals surface area contributed by atoms with Crippen LogP contribution in [-0.2, 0) is 5.41 Å². The number of benzene rings is 7. The van der Waals surface area contributed by atoms with Gasteiger partial charge in [-0.1, -0.05) is 158 Å². The van der Waals surface area contributed by atoms with Gasteiger partial charge in [0.05, 0.1) is 11.2 Å². The Labute approximate surface area is 290 Å². The Bertz CT molecular complexity index is 2760. The van der Waals surface area contributed by atoms with Crippen molar-refractivity contribution in [3.8, 4) is 55.8 Å². The second kappa shape index (κ2) is 10.2. The zero-order valence-electron chi connectivity index (χ0n) is 27.1. The van der Waals surface area contributed by atoms with Crippen molar-refractivity contribution < 1.29 is 4.42 Å². The Balaban J connectivity index is 1.21. The molecule has 50 heavy (non-hydrogen) atoms. The molecular weight excluding hydrogens is 607 g/mol. The van der Waals surface area contributed by atoms with E-state index in [9.17, 15) is 0 Å². The average Bonchev–Trinajstić information content (AvgIpc) is 3.82. The molecule has 0 N–H and O–H groups in total. The van der Waals surface area contributed by atoms with Crippen molar-refractivity contribution >= 4 is 21.9 Å². The zero-order valence-corrected chi connectivity index (χ0v) is 27.1. The normalized spacial score (nSPS) is 13.4. The molecule has 2 aliphatic rings. The Hall–Kier alpha value is -6.51. The molecule has 2 aliphatic carbocycles. The quantitative estimate of drug-likeness (QED) is 0.193. The highest BCUT2D eigenvalue weighted by molar-refractivity contribution is 6.07. The van der Waals surface area contributed by atoms with Gasteiger partial charge in [0, 0.05) is 21.9 Å². The molecule has 2 heteroatoms. The Morgan fingerprint density at radius 1 is 0.420 bits per heavy atom. The maximum absolute atomic E-state index is 7.03. The number of rotatable bonds is 3. The molecule has 2 aromatic heterocycles. The molecule has 0 radical (unpaired) electrons. The van der Waals surface area contributed by atoms with Gasteiger partial charge in [0.2, 0.25) is 0 Å². The van der Waals surface area contributed by atoms with Crippen molar-refractivity contribution in [2.24, 2.45) is 0 Å². The maximum atomic E-state index is 7.03. The number of furan rings is 1. The van der Waals surface area contributed by atoms with Crippen LogP contribution in [0.1, 0.15) is 22.5 Å². The minimum atomic E-state index is -0.627. The van der Waals surface area contributed by atoms with Crippen molar-refractivity contribution in [1.29, 1.82) is 0 Å². The number of hydrogen-bond donors (Lipinski definition) is 0. The van der Waals surface area contributed by atoms with E-state index in [0.29, 0.717) is 0 Å². The van der Waals surface area contributed by atoms with Crippen molar-refractivity contribution in [3.05, 3.63) is 198 Å². The van der Waals surface area contributed by atoms with Gasteiger partial charge in [0.15, 0.2) is 0 Å². The van der Waals surface area contributed by atoms with E-state index in [1.807, 2.05) is 0 Å². The largest absolute Gasteiger partial charge is 0.459 e. The van der Waals surface area contributed by atoms with Crippen molar-refractivity contribution in [2.45, 2.75) is 5.41 Å². The molecule has 0 aliphatic heterocycles. The lowest BCUT2D eigenvalue weighted by Crippen LogP contribution is -2.26. The molecule has 0 amide bonds. The first-order chi connectivity index (χ1) is 24.8. The molecule has 9 aromatic rings. The highest BCUT2D eigenvalue weighted by Gasteiger charge is 2.56. The van der Waals surface area contributed by atoms with Crippen molar-refractivity contribution in [1.82, 2.24) is 4.98 Å². The molecule has 7 aromatic carbocycles. The van der Waals surface area contributed by atoms with Gasteiger partial charge in [-0.2, -0.15) is 0 Å². The minimum Gasteiger partial charge on any atom is -0.459 e. The van der Waals surface area contributed by atoms with Gasteiger partial charge >= 0.3 is 0 Å². The van der Waals surface area contributed by atoms with Crippen LogP contribution < -0.4 is 0 Å². The lowest BCUT2D eigenvalue weighted by atomic mass is 9.71. The molecule has 0 bridgehead atoms. The second-order valence-electron chi connectivity index (χ2n) is 13.4. The van der Waals surface area contributed by atoms with Crippen molar-refractivity contribution in [3.63, 3.8) is 0 Å². The van der Waals surface area contributed by atoms with Gasteiger partial charge in [-0.05, 0) is 73.8 Å². The molecule has 0 unspecified atom stereocenters. The third-order valence-corrected chi connectivity index (χ3v) is 10.9. The molecule has 232 valence electrons. The summed E-state index contributed by atoms with van der Waals surface area (Å²) in [5.74, 6) is 0.996. The van der Waals surface area contributed by atoms with Gasteiger partial charge in [-0.25, -0.2) is 4.98 Å². The fourth-order valence-corrected chi connectivity index (χ4v) is 8.84. The lowest BCUT2D eigenvalue weighted by Gasteiger charge is -2.30. The predicted octanol–water partition coefficient (Wildman–Crippen LogP) is 12.3. The molecule has 2 heterocycles. The van der Waals surface area contributed by atoms with E-state index in [1.54, 1.807) is 0 Å². The van der Waals surface area contributed by atoms with Crippen LogP contribution >= 0.6 is 0 Å². The first-order valence-corrected chi connectivity index (χ1v) is 17.2. The van der Waals surface area contributed by atoms with E-state index in [2.05, 4.69) is 176 Å². The summed E-state index contributed by atoms with van der Waals surface area (Å²) >= 11 is 0. The summed E-state index contributed by atoms with van der Waals surface area (Å²) in [6, 6.07) is 63.3. The summed E-state index contributed by atoms with van der Waals surface area (Å²) in [6.07, 6.45) is 0. The molecule has 0 fully saturated rings. The standard InChI is InChI=1S/C48H29NO/c1-2-13-30(14-3-1)31-25-27-32(28-26-31)39-29-43(49-42-23-10-6-17-35(39)42)36-19-12-20-38-45-37-18-7-11-24-44(37)50-47(45)48(46(36)38)40-21-8-4-15-33(40)34-16-5-9-22-41(34)48/h1-29H. The molecule has 11 rings (SSSR count). The molecule has 0 atom stereocenters. The van der Waals surface area contributed by atoms with Crippen LogP contribution in [0.5, 0.6) is 0 Å². The van der Waals surface area contributed by atoms with Crippen LogP contribution in [0.25, 0.3) is 77.6 Å². The van der Waals surface area contributed by atoms with E-state index >= 15 is 0 Å². The summed E-state index contributed by atoms with van der Waals surface area (Å²) in [5.41, 5.74) is 16.7. The van der Waals surface area contributed by atoms with Gasteiger partial charge in [0.1, 0.15) is 16.8 Å². The first-order valence-electron chi connectivity index (χ1n) is 17.2. The fraction of sp³-hybridized carbons (Fsp3) is 0.0208. The lowest BCUT2D eigenvalue weighted by molar-refractivity contribution is 0.507. The van der Waals surface area contributed by atoms with Crippen LogP contribution in [0, 0.1) is 0 Å². The Kier molecular flexibility index (Phi) is 5.62. The average molecular weight is 636 g/mol. The second-order valence-corrected chi connectivity index (χ2v) is 13.4. The smallest absolute Gasteiger partial charge is 0.135 e. The van der Waals surface area contributed by atoms with Gasteiger partial charge in [-0.15, -0.1) is 0 Å². The number of fused-ring (bicyclic) bond motifs is 13. The van der Waals surface area contributed by atoms with Crippen LogP contribution in [0.4, 0.5) is 0 Å². The number of pyridine rings is 1. The third-order valence-electron chi connectivity index (χ3n) is 10.9. The van der Waals surface area contributed by atoms with Gasteiger partial charge in [0.25, 0.3) is 0 Å². The SMILES string of the molecule is c1ccc(-c2ccc(-c3cc(-c4cccc5c4C4(c6ccccc6-c6ccccc64)c4oc6ccccc6c4-5)nc4ccccc34)cc2)cc1. The summed E-state index contributed by atoms with van der Waals surface area (Å²) in [5, 5.41) is 2.28. The van der Waals surface area contributed by atoms with E-state index in [4.69, 9.17) is 9.40 Å². The highest BCUT2D eigenvalue weighted by Crippen LogP contribution is 2.66. The number of nitrogens with zero attached hydrogens (tertiary/aromatic N) is 1. The molecular formula is C48H29NO. The maximum Gasteiger partial charge on any atom is 0.135 e. The van der Waals surface area contributed by atoms with Crippen LogP contribution in [0.3, 0.4) is 0 Å². The van der Waals surface area contributed by atoms with E-state index in [-0.39, 0.29) is 0 Å². The van der Waals surface area contributed by atoms with Gasteiger partial charge in [-0.3, -0.25) is 0 Å². The molecule has 0 saturated carbocycles. The summed E-state index contributed by atoms with van der Waals surface area (Å²) in [7, 11) is 0. The highest BCUT2D eigenvalue weighted by atomic mass is 16.3. The molecule has 1 spiro atoms. The van der Waals surface area contributed by atoms with E-state index in [1.165, 1.54) is 61.2 Å². The predicted molar refractivity (Wildman–Crippen MR) is 204 cm³/mol. The number of hydrogen-bond acceptors (Lipinski definition) is 2. The Morgan fingerprint density at radius 3 is 1.78 bits per heavy atom. The first kappa shape index (κ1) is 27.4. The molecule has 2 nitrogen and oxygen atoms in total. The van der Waals surface area contributed by atoms with Gasteiger partial charge < -0.3 is 4.42 Å². The van der Waals surface area contributed by atoms with Crippen LogP contribution in [-0.4, -0.2) is 4.98 Å². The summed E-state index contributed by atoms with van der Waals surface area (Å²) < 4.78 is 7.03. The number of para-hydroxylation sites is 2. The Morgan fingerprint density at radius 2 is 1.00 bits per heavy atom.